The average Bonchev–Trinajstić information content (AvgIpc) is 2.26. The minimum absolute atomic E-state index is 0.581. The highest BCUT2D eigenvalue weighted by Gasteiger charge is 1.95. The smallest absolute Gasteiger partial charge is 0.240 e. The molecule has 0 atom stereocenters. The Morgan fingerprint density at radius 1 is 1.40 bits per heavy atom. The minimum Gasteiger partial charge on any atom is -0.494 e. The molecule has 0 aliphatic rings. The summed E-state index contributed by atoms with van der Waals surface area (Å²) in [5, 5.41) is 0. The second-order valence-corrected chi connectivity index (χ2v) is 3.26. The van der Waals surface area contributed by atoms with Gasteiger partial charge in [0.2, 0.25) is 6.08 Å². The normalized spacial score (nSPS) is 9.40. The van der Waals surface area contributed by atoms with E-state index in [-0.39, 0.29) is 0 Å². The molecule has 1 aromatic carbocycles. The van der Waals surface area contributed by atoms with Crippen LogP contribution in [-0.4, -0.2) is 12.7 Å². The van der Waals surface area contributed by atoms with Crippen LogP contribution in [0.4, 0.5) is 5.69 Å². The van der Waals surface area contributed by atoms with Crippen molar-refractivity contribution in [3.8, 4) is 5.75 Å². The Morgan fingerprint density at radius 2 is 2.27 bits per heavy atom. The summed E-state index contributed by atoms with van der Waals surface area (Å²) in [6, 6.07) is 7.14. The number of rotatable bonds is 6. The highest BCUT2D eigenvalue weighted by molar-refractivity contribution is 5.51. The second kappa shape index (κ2) is 6.80. The maximum atomic E-state index is 10.1. The number of hydrogen-bond acceptors (Lipinski definition) is 3. The molecule has 0 bridgehead atoms. The molecule has 0 fully saturated rings. The third-order valence-electron chi connectivity index (χ3n) is 2.01. The fourth-order valence-corrected chi connectivity index (χ4v) is 1.24. The molecular weight excluding hydrogens is 190 g/mol. The highest BCUT2D eigenvalue weighted by Crippen LogP contribution is 2.19. The Kier molecular flexibility index (Phi) is 5.20. The molecule has 1 aromatic rings. The maximum Gasteiger partial charge on any atom is 0.240 e. The van der Waals surface area contributed by atoms with Gasteiger partial charge in [0.25, 0.3) is 0 Å². The van der Waals surface area contributed by atoms with Crippen molar-refractivity contribution in [1.82, 2.24) is 0 Å². The number of nitrogens with zero attached hydrogens (tertiary/aromatic N) is 1. The van der Waals surface area contributed by atoms with Gasteiger partial charge < -0.3 is 4.74 Å². The summed E-state index contributed by atoms with van der Waals surface area (Å²) in [7, 11) is 0. The van der Waals surface area contributed by atoms with Crippen molar-refractivity contribution < 1.29 is 9.53 Å². The van der Waals surface area contributed by atoms with E-state index in [2.05, 4.69) is 11.9 Å². The topological polar surface area (TPSA) is 38.7 Å². The van der Waals surface area contributed by atoms with Crippen LogP contribution in [0.15, 0.2) is 29.3 Å². The summed E-state index contributed by atoms with van der Waals surface area (Å²) in [5.74, 6) is 0.752. The average molecular weight is 205 g/mol. The van der Waals surface area contributed by atoms with E-state index in [0.717, 1.165) is 12.2 Å². The quantitative estimate of drug-likeness (QED) is 0.406. The summed E-state index contributed by atoms with van der Waals surface area (Å²) in [5.41, 5.74) is 0.581. The number of hydrogen-bond donors (Lipinski definition) is 0. The van der Waals surface area contributed by atoms with Gasteiger partial charge in [-0.05, 0) is 18.6 Å². The molecule has 0 radical (unpaired) electrons. The van der Waals surface area contributed by atoms with E-state index in [9.17, 15) is 4.79 Å². The van der Waals surface area contributed by atoms with Crippen molar-refractivity contribution in [2.45, 2.75) is 26.2 Å². The van der Waals surface area contributed by atoms with Gasteiger partial charge in [-0.25, -0.2) is 4.79 Å². The van der Waals surface area contributed by atoms with Crippen molar-refractivity contribution >= 4 is 11.8 Å². The standard InChI is InChI=1S/C12H15NO2/c1-2-3-4-8-15-12-7-5-6-11(9-12)13-10-14/h5-7,9H,2-4,8H2,1H3. The molecule has 0 unspecified atom stereocenters. The van der Waals surface area contributed by atoms with Gasteiger partial charge in [-0.3, -0.25) is 0 Å². The zero-order valence-corrected chi connectivity index (χ0v) is 8.90. The third-order valence-corrected chi connectivity index (χ3v) is 2.01. The Bertz CT molecular complexity index is 343. The predicted octanol–water partition coefficient (Wildman–Crippen LogP) is 3.22. The first kappa shape index (κ1) is 11.5. The van der Waals surface area contributed by atoms with Crippen LogP contribution < -0.4 is 4.74 Å². The van der Waals surface area contributed by atoms with Crippen LogP contribution in [0.5, 0.6) is 5.75 Å². The first-order valence-corrected chi connectivity index (χ1v) is 5.17. The van der Waals surface area contributed by atoms with Gasteiger partial charge in [0.05, 0.1) is 12.3 Å². The molecule has 0 spiro atoms. The predicted molar refractivity (Wildman–Crippen MR) is 59.2 cm³/mol. The first-order valence-electron chi connectivity index (χ1n) is 5.17. The fraction of sp³-hybridized carbons (Fsp3) is 0.417. The van der Waals surface area contributed by atoms with Gasteiger partial charge in [-0.2, -0.15) is 4.99 Å². The van der Waals surface area contributed by atoms with Crippen molar-refractivity contribution in [2.75, 3.05) is 6.61 Å². The number of ether oxygens (including phenoxy) is 1. The van der Waals surface area contributed by atoms with Crippen molar-refractivity contribution in [2.24, 2.45) is 4.99 Å². The van der Waals surface area contributed by atoms with E-state index < -0.39 is 0 Å². The molecular formula is C12H15NO2. The Labute approximate surface area is 89.8 Å². The molecule has 0 aliphatic carbocycles. The van der Waals surface area contributed by atoms with E-state index in [1.165, 1.54) is 18.9 Å². The Morgan fingerprint density at radius 3 is 3.00 bits per heavy atom. The van der Waals surface area contributed by atoms with Gasteiger partial charge in [0.15, 0.2) is 0 Å². The zero-order chi connectivity index (χ0) is 10.9. The molecule has 0 aromatic heterocycles. The van der Waals surface area contributed by atoms with E-state index in [4.69, 9.17) is 4.74 Å². The zero-order valence-electron chi connectivity index (χ0n) is 8.90. The first-order chi connectivity index (χ1) is 7.36. The van der Waals surface area contributed by atoms with Gasteiger partial charge in [0.1, 0.15) is 5.75 Å². The molecule has 0 heterocycles. The van der Waals surface area contributed by atoms with E-state index in [0.29, 0.717) is 12.3 Å². The van der Waals surface area contributed by atoms with E-state index >= 15 is 0 Å². The SMILES string of the molecule is CCCCCOc1cccc(N=C=O)c1. The fourth-order valence-electron chi connectivity index (χ4n) is 1.24. The summed E-state index contributed by atoms with van der Waals surface area (Å²) in [6.45, 7) is 2.86. The van der Waals surface area contributed by atoms with Crippen LogP contribution in [0.3, 0.4) is 0 Å². The van der Waals surface area contributed by atoms with Crippen LogP contribution in [0.2, 0.25) is 0 Å². The van der Waals surface area contributed by atoms with Crippen molar-refractivity contribution in [1.29, 1.82) is 0 Å². The molecule has 3 nitrogen and oxygen atoms in total. The van der Waals surface area contributed by atoms with Gasteiger partial charge in [-0.15, -0.1) is 0 Å². The van der Waals surface area contributed by atoms with Crippen LogP contribution in [0.25, 0.3) is 0 Å². The maximum absolute atomic E-state index is 10.1. The van der Waals surface area contributed by atoms with Crippen LogP contribution in [-0.2, 0) is 4.79 Å². The molecule has 80 valence electrons. The highest BCUT2D eigenvalue weighted by atomic mass is 16.5. The Hall–Kier alpha value is -1.60. The molecule has 0 N–H and O–H groups in total. The lowest BCUT2D eigenvalue weighted by Crippen LogP contribution is -1.96. The summed E-state index contributed by atoms with van der Waals surface area (Å²) in [4.78, 5) is 13.6. The summed E-state index contributed by atoms with van der Waals surface area (Å²) >= 11 is 0. The van der Waals surface area contributed by atoms with Crippen LogP contribution in [0.1, 0.15) is 26.2 Å². The summed E-state index contributed by atoms with van der Waals surface area (Å²) < 4.78 is 5.51. The van der Waals surface area contributed by atoms with E-state index in [1.807, 2.05) is 12.1 Å². The van der Waals surface area contributed by atoms with Crippen LogP contribution in [0, 0.1) is 0 Å². The Balaban J connectivity index is 2.46. The second-order valence-electron chi connectivity index (χ2n) is 3.26. The van der Waals surface area contributed by atoms with Gasteiger partial charge in [-0.1, -0.05) is 25.8 Å². The number of isocyanates is 1. The van der Waals surface area contributed by atoms with Crippen LogP contribution >= 0.6 is 0 Å². The number of carbonyl (C=O) groups excluding carboxylic acids is 1. The number of aliphatic imine (C=N–C) groups is 1. The number of benzene rings is 1. The molecule has 0 saturated heterocycles. The molecule has 0 amide bonds. The van der Waals surface area contributed by atoms with Crippen molar-refractivity contribution in [3.63, 3.8) is 0 Å². The summed E-state index contributed by atoms with van der Waals surface area (Å²) in [6.07, 6.45) is 4.91. The lowest BCUT2D eigenvalue weighted by Gasteiger charge is -2.05. The van der Waals surface area contributed by atoms with Gasteiger partial charge >= 0.3 is 0 Å². The molecule has 1 rings (SSSR count). The minimum atomic E-state index is 0.581. The largest absolute Gasteiger partial charge is 0.494 e. The molecule has 0 aliphatic heterocycles. The molecule has 15 heavy (non-hydrogen) atoms. The van der Waals surface area contributed by atoms with Crippen molar-refractivity contribution in [3.05, 3.63) is 24.3 Å². The molecule has 0 saturated carbocycles. The van der Waals surface area contributed by atoms with Gasteiger partial charge in [0, 0.05) is 6.07 Å². The monoisotopic (exact) mass is 205 g/mol. The lowest BCUT2D eigenvalue weighted by molar-refractivity contribution is 0.306. The lowest BCUT2D eigenvalue weighted by atomic mass is 10.2. The molecule has 3 heteroatoms. The number of unbranched alkanes of at least 4 members (excludes halogenated alkanes) is 2. The third kappa shape index (κ3) is 4.43. The van der Waals surface area contributed by atoms with E-state index in [1.54, 1.807) is 12.1 Å².